The Labute approximate surface area is 90.1 Å². The summed E-state index contributed by atoms with van der Waals surface area (Å²) in [5.74, 6) is 1.42. The van der Waals surface area contributed by atoms with Gasteiger partial charge in [-0.3, -0.25) is 0 Å². The maximum atomic E-state index is 10.3. The number of carbonyl (C=O) groups is 1. The van der Waals surface area contributed by atoms with Crippen molar-refractivity contribution < 1.29 is 14.3 Å². The van der Waals surface area contributed by atoms with Crippen molar-refractivity contribution in [2.24, 2.45) is 0 Å². The maximum absolute atomic E-state index is 10.3. The molecule has 0 radical (unpaired) electrons. The van der Waals surface area contributed by atoms with E-state index in [-0.39, 0.29) is 6.10 Å². The van der Waals surface area contributed by atoms with E-state index in [1.165, 1.54) is 0 Å². The van der Waals surface area contributed by atoms with Gasteiger partial charge in [-0.05, 0) is 18.2 Å². The number of halogens is 1. The normalized spacial score (nSPS) is 19.1. The zero-order valence-corrected chi connectivity index (χ0v) is 8.99. The van der Waals surface area contributed by atoms with Gasteiger partial charge in [0, 0.05) is 10.9 Å². The molecule has 0 spiro atoms. The topological polar surface area (TPSA) is 35.5 Å². The smallest absolute Gasteiger partial charge is 0.162 e. The summed E-state index contributed by atoms with van der Waals surface area (Å²) in [5.41, 5.74) is 0. The molecule has 14 heavy (non-hydrogen) atoms. The molecule has 0 fully saturated rings. The molecular weight excluding hydrogens is 248 g/mol. The lowest BCUT2D eigenvalue weighted by Crippen LogP contribution is -2.29. The lowest BCUT2D eigenvalue weighted by molar-refractivity contribution is -0.109. The van der Waals surface area contributed by atoms with E-state index in [4.69, 9.17) is 9.47 Å². The van der Waals surface area contributed by atoms with E-state index in [9.17, 15) is 4.79 Å². The first kappa shape index (κ1) is 9.52. The molecule has 1 aromatic rings. The summed E-state index contributed by atoms with van der Waals surface area (Å²) in [6, 6.07) is 5.57. The van der Waals surface area contributed by atoms with Crippen LogP contribution in [0.1, 0.15) is 6.42 Å². The van der Waals surface area contributed by atoms with Crippen LogP contribution in [0.4, 0.5) is 0 Å². The largest absolute Gasteiger partial charge is 0.486 e. The molecule has 0 N–H and O–H groups in total. The van der Waals surface area contributed by atoms with Crippen LogP contribution in [0.5, 0.6) is 11.5 Å². The summed E-state index contributed by atoms with van der Waals surface area (Å²) < 4.78 is 11.9. The van der Waals surface area contributed by atoms with Gasteiger partial charge < -0.3 is 14.3 Å². The average molecular weight is 257 g/mol. The third-order valence-electron chi connectivity index (χ3n) is 1.98. The molecule has 0 amide bonds. The predicted octanol–water partition coefficient (Wildman–Crippen LogP) is 2.18. The van der Waals surface area contributed by atoms with Crippen LogP contribution in [0.3, 0.4) is 0 Å². The molecule has 1 aromatic carbocycles. The minimum absolute atomic E-state index is 0.158. The Hall–Kier alpha value is -1.03. The fourth-order valence-electron chi connectivity index (χ4n) is 1.31. The first-order valence-electron chi connectivity index (χ1n) is 4.32. The average Bonchev–Trinajstić information content (AvgIpc) is 2.17. The van der Waals surface area contributed by atoms with Crippen molar-refractivity contribution >= 4 is 22.2 Å². The van der Waals surface area contributed by atoms with Gasteiger partial charge in [0.25, 0.3) is 0 Å². The zero-order valence-electron chi connectivity index (χ0n) is 7.40. The van der Waals surface area contributed by atoms with Gasteiger partial charge in [0.05, 0.1) is 0 Å². The highest BCUT2D eigenvalue weighted by molar-refractivity contribution is 9.10. The zero-order chi connectivity index (χ0) is 9.97. The number of benzene rings is 1. The molecule has 1 heterocycles. The van der Waals surface area contributed by atoms with Crippen LogP contribution in [0.15, 0.2) is 22.7 Å². The summed E-state index contributed by atoms with van der Waals surface area (Å²) in [7, 11) is 0. The fourth-order valence-corrected chi connectivity index (χ4v) is 1.65. The molecule has 0 aromatic heterocycles. The van der Waals surface area contributed by atoms with Gasteiger partial charge in [-0.2, -0.15) is 0 Å². The Morgan fingerprint density at radius 3 is 3.14 bits per heavy atom. The summed E-state index contributed by atoms with van der Waals surface area (Å²) in [5, 5.41) is 0. The summed E-state index contributed by atoms with van der Waals surface area (Å²) in [6.45, 7) is 0.438. The predicted molar refractivity (Wildman–Crippen MR) is 54.7 cm³/mol. The molecule has 0 aliphatic carbocycles. The molecule has 1 aliphatic heterocycles. The Bertz CT molecular complexity index is 351. The molecule has 3 nitrogen and oxygen atoms in total. The molecule has 0 saturated carbocycles. The van der Waals surface area contributed by atoms with Crippen molar-refractivity contribution in [2.75, 3.05) is 6.61 Å². The van der Waals surface area contributed by atoms with Crippen molar-refractivity contribution in [1.82, 2.24) is 0 Å². The van der Waals surface area contributed by atoms with E-state index >= 15 is 0 Å². The van der Waals surface area contributed by atoms with Crippen LogP contribution in [-0.2, 0) is 4.79 Å². The van der Waals surface area contributed by atoms with E-state index in [2.05, 4.69) is 15.9 Å². The van der Waals surface area contributed by atoms with E-state index < -0.39 is 0 Å². The minimum atomic E-state index is -0.158. The second-order valence-corrected chi connectivity index (χ2v) is 3.96. The number of hydrogen-bond donors (Lipinski definition) is 0. The van der Waals surface area contributed by atoms with Crippen molar-refractivity contribution in [1.29, 1.82) is 0 Å². The van der Waals surface area contributed by atoms with Crippen LogP contribution in [-0.4, -0.2) is 19.0 Å². The van der Waals surface area contributed by atoms with Crippen molar-refractivity contribution in [3.05, 3.63) is 22.7 Å². The molecule has 74 valence electrons. The van der Waals surface area contributed by atoms with Crippen LogP contribution in [0.2, 0.25) is 0 Å². The number of rotatable bonds is 2. The summed E-state index contributed by atoms with van der Waals surface area (Å²) in [6.07, 6.45) is 1.05. The standard InChI is InChI=1S/C10H9BrO3/c11-7-1-2-9-10(5-7)14-8(3-4-12)6-13-9/h1-2,4-5,8H,3,6H2. The molecule has 0 saturated heterocycles. The molecule has 0 bridgehead atoms. The monoisotopic (exact) mass is 256 g/mol. The van der Waals surface area contributed by atoms with Gasteiger partial charge >= 0.3 is 0 Å². The number of carbonyl (C=O) groups excluding carboxylic acids is 1. The fraction of sp³-hybridized carbons (Fsp3) is 0.300. The molecule has 1 aliphatic rings. The quantitative estimate of drug-likeness (QED) is 0.762. The maximum Gasteiger partial charge on any atom is 0.162 e. The Morgan fingerprint density at radius 1 is 1.50 bits per heavy atom. The van der Waals surface area contributed by atoms with Crippen LogP contribution < -0.4 is 9.47 Å². The van der Waals surface area contributed by atoms with Gasteiger partial charge in [-0.1, -0.05) is 15.9 Å². The molecule has 1 unspecified atom stereocenters. The van der Waals surface area contributed by atoms with Gasteiger partial charge in [-0.25, -0.2) is 0 Å². The molecular formula is C10H9BrO3. The number of aldehydes is 1. The van der Waals surface area contributed by atoms with Gasteiger partial charge in [-0.15, -0.1) is 0 Å². The van der Waals surface area contributed by atoms with E-state index in [1.54, 1.807) is 0 Å². The van der Waals surface area contributed by atoms with Crippen molar-refractivity contribution in [3.63, 3.8) is 0 Å². The number of ether oxygens (including phenoxy) is 2. The number of fused-ring (bicyclic) bond motifs is 1. The highest BCUT2D eigenvalue weighted by Gasteiger charge is 2.20. The minimum Gasteiger partial charge on any atom is -0.486 e. The van der Waals surface area contributed by atoms with Crippen molar-refractivity contribution in [3.8, 4) is 11.5 Å². The number of hydrogen-bond acceptors (Lipinski definition) is 3. The van der Waals surface area contributed by atoms with Crippen LogP contribution in [0.25, 0.3) is 0 Å². The lowest BCUT2D eigenvalue weighted by Gasteiger charge is -2.25. The summed E-state index contributed by atoms with van der Waals surface area (Å²) >= 11 is 3.34. The second kappa shape index (κ2) is 4.00. The molecule has 2 rings (SSSR count). The summed E-state index contributed by atoms with van der Waals surface area (Å²) in [4.78, 5) is 10.3. The lowest BCUT2D eigenvalue weighted by atomic mass is 10.2. The Kier molecular flexibility index (Phi) is 2.72. The van der Waals surface area contributed by atoms with Crippen molar-refractivity contribution in [2.45, 2.75) is 12.5 Å². The van der Waals surface area contributed by atoms with E-state index in [0.29, 0.717) is 18.8 Å². The van der Waals surface area contributed by atoms with Gasteiger partial charge in [0.15, 0.2) is 11.5 Å². The second-order valence-electron chi connectivity index (χ2n) is 3.04. The SMILES string of the molecule is O=CCC1COc2ccc(Br)cc2O1. The van der Waals surface area contributed by atoms with Crippen LogP contribution in [0, 0.1) is 0 Å². The van der Waals surface area contributed by atoms with E-state index in [0.717, 1.165) is 16.5 Å². The third-order valence-corrected chi connectivity index (χ3v) is 2.48. The first-order chi connectivity index (χ1) is 6.79. The van der Waals surface area contributed by atoms with Gasteiger partial charge in [0.2, 0.25) is 0 Å². The third kappa shape index (κ3) is 1.90. The van der Waals surface area contributed by atoms with Gasteiger partial charge in [0.1, 0.15) is 19.0 Å². The molecule has 1 atom stereocenters. The Morgan fingerprint density at radius 2 is 2.36 bits per heavy atom. The first-order valence-corrected chi connectivity index (χ1v) is 5.11. The molecule has 4 heteroatoms. The van der Waals surface area contributed by atoms with Crippen LogP contribution >= 0.6 is 15.9 Å². The highest BCUT2D eigenvalue weighted by Crippen LogP contribution is 2.34. The van der Waals surface area contributed by atoms with E-state index in [1.807, 2.05) is 18.2 Å². The Balaban J connectivity index is 2.20. The highest BCUT2D eigenvalue weighted by atomic mass is 79.9.